The van der Waals surface area contributed by atoms with Gasteiger partial charge in [-0.25, -0.2) is 9.78 Å². The molecule has 3 aromatic rings. The van der Waals surface area contributed by atoms with Crippen molar-refractivity contribution in [2.45, 2.75) is 71.1 Å². The highest BCUT2D eigenvalue weighted by Crippen LogP contribution is 2.28. The third-order valence-electron chi connectivity index (χ3n) is 7.24. The van der Waals surface area contributed by atoms with E-state index in [1.54, 1.807) is 11.1 Å². The van der Waals surface area contributed by atoms with Gasteiger partial charge in [-0.3, -0.25) is 9.36 Å². The Morgan fingerprint density at radius 2 is 1.79 bits per heavy atom. The number of piperidine rings is 1. The lowest BCUT2D eigenvalue weighted by molar-refractivity contribution is 0.0210. The summed E-state index contributed by atoms with van der Waals surface area (Å²) < 4.78 is 13.0. The number of ether oxygens (including phenoxy) is 2. The van der Waals surface area contributed by atoms with E-state index in [2.05, 4.69) is 10.3 Å². The summed E-state index contributed by atoms with van der Waals surface area (Å²) in [6.07, 6.45) is 4.59. The second kappa shape index (κ2) is 10.7. The Kier molecular flexibility index (Phi) is 7.38. The molecule has 0 saturated carbocycles. The Hall–Kier alpha value is -3.46. The number of nitrogens with zero attached hydrogens (tertiary/aromatic N) is 4. The number of hydrogen-bond donors (Lipinski definition) is 1. The van der Waals surface area contributed by atoms with Crippen LogP contribution in [0.1, 0.15) is 58.1 Å². The van der Waals surface area contributed by atoms with E-state index in [1.807, 2.05) is 62.6 Å². The molecular formula is C29H37N5O4. The smallest absolute Gasteiger partial charge is 0.410 e. The summed E-state index contributed by atoms with van der Waals surface area (Å²) in [4.78, 5) is 37.6. The zero-order valence-corrected chi connectivity index (χ0v) is 22.7. The summed E-state index contributed by atoms with van der Waals surface area (Å²) in [7, 11) is 0. The van der Waals surface area contributed by atoms with Gasteiger partial charge in [-0.05, 0) is 70.6 Å². The average molecular weight is 520 g/mol. The summed E-state index contributed by atoms with van der Waals surface area (Å²) in [6.45, 7) is 10.1. The number of nitrogens with one attached hydrogen (secondary N) is 1. The number of anilines is 1. The molecule has 2 saturated heterocycles. The number of aromatic nitrogens is 3. The molecule has 0 unspecified atom stereocenters. The van der Waals surface area contributed by atoms with Gasteiger partial charge in [0, 0.05) is 55.5 Å². The van der Waals surface area contributed by atoms with Crippen LogP contribution in [0.3, 0.4) is 0 Å². The zero-order valence-electron chi connectivity index (χ0n) is 22.7. The molecule has 1 N–H and O–H groups in total. The van der Waals surface area contributed by atoms with Crippen LogP contribution in [0.15, 0.2) is 41.3 Å². The van der Waals surface area contributed by atoms with Gasteiger partial charge < -0.3 is 19.7 Å². The molecule has 0 aliphatic carbocycles. The van der Waals surface area contributed by atoms with Crippen molar-refractivity contribution >= 4 is 23.1 Å². The number of likely N-dealkylation sites (tertiary alicyclic amines) is 1. The lowest BCUT2D eigenvalue weighted by Crippen LogP contribution is -2.44. The fraction of sp³-hybridized carbons (Fsp3) is 0.517. The van der Waals surface area contributed by atoms with E-state index in [9.17, 15) is 9.59 Å². The number of aryl methyl sites for hydroxylation is 1. The van der Waals surface area contributed by atoms with Crippen molar-refractivity contribution in [2.75, 3.05) is 31.6 Å². The molecule has 2 aromatic heterocycles. The van der Waals surface area contributed by atoms with E-state index in [0.29, 0.717) is 43.5 Å². The minimum absolute atomic E-state index is 0.0162. The van der Waals surface area contributed by atoms with Crippen LogP contribution in [-0.2, 0) is 9.47 Å². The third-order valence-corrected chi connectivity index (χ3v) is 7.24. The molecule has 2 fully saturated rings. The van der Waals surface area contributed by atoms with Gasteiger partial charge in [0.2, 0.25) is 5.95 Å². The van der Waals surface area contributed by atoms with Crippen molar-refractivity contribution in [1.82, 2.24) is 19.4 Å². The second-order valence-corrected chi connectivity index (χ2v) is 11.3. The monoisotopic (exact) mass is 519 g/mol. The van der Waals surface area contributed by atoms with Crippen LogP contribution in [0.5, 0.6) is 0 Å². The van der Waals surface area contributed by atoms with Gasteiger partial charge in [0.1, 0.15) is 11.2 Å². The normalized spacial score (nSPS) is 17.5. The summed E-state index contributed by atoms with van der Waals surface area (Å²) in [6, 6.07) is 10.0. The number of fused-ring (bicyclic) bond motifs is 1. The third kappa shape index (κ3) is 5.67. The maximum atomic E-state index is 13.9. The number of carbonyl (C=O) groups excluding carboxylic acids is 1. The Morgan fingerprint density at radius 1 is 1.08 bits per heavy atom. The highest BCUT2D eigenvalue weighted by Gasteiger charge is 2.28. The maximum absolute atomic E-state index is 13.9. The Bertz CT molecular complexity index is 1370. The van der Waals surface area contributed by atoms with Gasteiger partial charge in [0.05, 0.1) is 0 Å². The molecule has 1 amide bonds. The first-order valence-corrected chi connectivity index (χ1v) is 13.5. The molecule has 38 heavy (non-hydrogen) atoms. The van der Waals surface area contributed by atoms with Crippen molar-refractivity contribution in [3.05, 3.63) is 52.4 Å². The number of hydrogen-bond acceptors (Lipinski definition) is 7. The molecule has 2 aliphatic rings. The SMILES string of the molecule is Cc1ccccc1-c1cc2cnc(NC3CCN(C(=O)OC(C)(C)C)CC3)nc2n(C2CCOCC2)c1=O. The van der Waals surface area contributed by atoms with Gasteiger partial charge >= 0.3 is 6.09 Å². The van der Waals surface area contributed by atoms with Gasteiger partial charge in [0.15, 0.2) is 0 Å². The summed E-state index contributed by atoms with van der Waals surface area (Å²) in [5.74, 6) is 0.497. The zero-order chi connectivity index (χ0) is 26.9. The number of amides is 1. The highest BCUT2D eigenvalue weighted by atomic mass is 16.6. The lowest BCUT2D eigenvalue weighted by Gasteiger charge is -2.33. The molecule has 5 rings (SSSR count). The second-order valence-electron chi connectivity index (χ2n) is 11.3. The molecule has 0 atom stereocenters. The number of carbonyl (C=O) groups is 1. The molecule has 1 aromatic carbocycles. The van der Waals surface area contributed by atoms with Crippen LogP contribution in [0.4, 0.5) is 10.7 Å². The standard InChI is InChI=1S/C29H37N5O4/c1-19-7-5-6-8-23(19)24-17-20-18-30-27(32-25(20)34(26(24)35)22-11-15-37-16-12-22)31-21-9-13-33(14-10-21)28(36)38-29(2,3)4/h5-8,17-18,21-22H,9-16H2,1-4H3,(H,30,31,32). The van der Waals surface area contributed by atoms with Crippen molar-refractivity contribution in [2.24, 2.45) is 0 Å². The predicted molar refractivity (Wildman–Crippen MR) is 148 cm³/mol. The Labute approximate surface area is 223 Å². The topological polar surface area (TPSA) is 98.6 Å². The quantitative estimate of drug-likeness (QED) is 0.522. The first kappa shape index (κ1) is 26.2. The van der Waals surface area contributed by atoms with E-state index < -0.39 is 5.60 Å². The molecule has 0 spiro atoms. The molecule has 9 nitrogen and oxygen atoms in total. The molecule has 4 heterocycles. The molecule has 0 radical (unpaired) electrons. The predicted octanol–water partition coefficient (Wildman–Crippen LogP) is 4.93. The van der Waals surface area contributed by atoms with Gasteiger partial charge in [0.25, 0.3) is 5.56 Å². The van der Waals surface area contributed by atoms with Crippen LogP contribution >= 0.6 is 0 Å². The van der Waals surface area contributed by atoms with Crippen LogP contribution in [0, 0.1) is 6.92 Å². The Morgan fingerprint density at radius 3 is 2.47 bits per heavy atom. The minimum Gasteiger partial charge on any atom is -0.444 e. The molecule has 2 aliphatic heterocycles. The van der Waals surface area contributed by atoms with E-state index in [1.165, 1.54) is 0 Å². The first-order chi connectivity index (χ1) is 18.2. The van der Waals surface area contributed by atoms with Crippen LogP contribution < -0.4 is 10.9 Å². The lowest BCUT2D eigenvalue weighted by atomic mass is 10.00. The molecule has 9 heteroatoms. The summed E-state index contributed by atoms with van der Waals surface area (Å²) in [5.41, 5.74) is 2.75. The van der Waals surface area contributed by atoms with Crippen molar-refractivity contribution in [3.8, 4) is 11.1 Å². The largest absolute Gasteiger partial charge is 0.444 e. The van der Waals surface area contributed by atoms with Crippen molar-refractivity contribution in [1.29, 1.82) is 0 Å². The van der Waals surface area contributed by atoms with Gasteiger partial charge in [-0.1, -0.05) is 24.3 Å². The number of benzene rings is 1. The first-order valence-electron chi connectivity index (χ1n) is 13.5. The van der Waals surface area contributed by atoms with Crippen LogP contribution in [0.2, 0.25) is 0 Å². The van der Waals surface area contributed by atoms with E-state index in [4.69, 9.17) is 14.5 Å². The fourth-order valence-electron chi connectivity index (χ4n) is 5.26. The number of rotatable bonds is 4. The summed E-state index contributed by atoms with van der Waals surface area (Å²) in [5, 5.41) is 4.28. The van der Waals surface area contributed by atoms with E-state index in [-0.39, 0.29) is 23.7 Å². The van der Waals surface area contributed by atoms with Gasteiger partial charge in [-0.15, -0.1) is 0 Å². The molecule has 202 valence electrons. The van der Waals surface area contributed by atoms with E-state index in [0.717, 1.165) is 42.2 Å². The van der Waals surface area contributed by atoms with Crippen LogP contribution in [-0.4, -0.2) is 63.5 Å². The van der Waals surface area contributed by atoms with E-state index >= 15 is 0 Å². The molecular weight excluding hydrogens is 482 g/mol. The van der Waals surface area contributed by atoms with Crippen molar-refractivity contribution < 1.29 is 14.3 Å². The van der Waals surface area contributed by atoms with Crippen LogP contribution in [0.25, 0.3) is 22.2 Å². The van der Waals surface area contributed by atoms with Crippen molar-refractivity contribution in [3.63, 3.8) is 0 Å². The summed E-state index contributed by atoms with van der Waals surface area (Å²) >= 11 is 0. The number of pyridine rings is 1. The minimum atomic E-state index is -0.509. The molecule has 0 bridgehead atoms. The maximum Gasteiger partial charge on any atom is 0.410 e. The highest BCUT2D eigenvalue weighted by molar-refractivity contribution is 5.82. The van der Waals surface area contributed by atoms with Gasteiger partial charge in [-0.2, -0.15) is 4.98 Å². The Balaban J connectivity index is 1.42. The average Bonchev–Trinajstić information content (AvgIpc) is 2.89. The fourth-order valence-corrected chi connectivity index (χ4v) is 5.26.